The summed E-state index contributed by atoms with van der Waals surface area (Å²) in [6.45, 7) is 0.491. The first-order chi connectivity index (χ1) is 9.81. The molecule has 2 aromatic carbocycles. The topological polar surface area (TPSA) is 52.3 Å². The van der Waals surface area contributed by atoms with Gasteiger partial charge in [0, 0.05) is 5.56 Å². The number of aromatic nitrogens is 1. The first kappa shape index (κ1) is 12.6. The molecule has 0 N–H and O–H groups in total. The Bertz CT molecular complexity index is 749. The molecule has 0 saturated heterocycles. The molecule has 0 aliphatic carbocycles. The normalized spacial score (nSPS) is 10.4. The predicted molar refractivity (Wildman–Crippen MR) is 76.9 cm³/mol. The molecule has 0 fully saturated rings. The minimum atomic E-state index is -0.407. The molecule has 5 heteroatoms. The summed E-state index contributed by atoms with van der Waals surface area (Å²) in [7, 11) is 0. The van der Waals surface area contributed by atoms with E-state index < -0.39 is 4.94 Å². The number of ether oxygens (including phenoxy) is 1. The Morgan fingerprint density at radius 3 is 2.70 bits per heavy atom. The molecule has 0 saturated carbocycles. The van der Waals surface area contributed by atoms with Crippen molar-refractivity contribution in [2.75, 3.05) is 0 Å². The average Bonchev–Trinajstić information content (AvgIpc) is 2.93. The zero-order chi connectivity index (χ0) is 13.8. The van der Waals surface area contributed by atoms with E-state index in [9.17, 15) is 4.79 Å². The number of nitrogens with zero attached hydrogens (tertiary/aromatic N) is 1. The fourth-order valence-corrected chi connectivity index (χ4v) is 2.18. The summed E-state index contributed by atoms with van der Waals surface area (Å²) in [5, 5.41) is 0. The molecule has 4 nitrogen and oxygen atoms in total. The molecule has 0 bridgehead atoms. The third kappa shape index (κ3) is 2.95. The zero-order valence-corrected chi connectivity index (χ0v) is 11.3. The third-order valence-corrected chi connectivity index (χ3v) is 3.20. The van der Waals surface area contributed by atoms with E-state index in [1.165, 1.54) is 0 Å². The quantitative estimate of drug-likeness (QED) is 0.737. The fraction of sp³-hybridized carbons (Fsp3) is 0.0667. The molecule has 100 valence electrons. The molecule has 0 spiro atoms. The molecule has 3 aromatic rings. The van der Waals surface area contributed by atoms with Gasteiger partial charge in [-0.3, -0.25) is 0 Å². The van der Waals surface area contributed by atoms with E-state index in [-0.39, 0.29) is 0 Å². The average molecular weight is 285 g/mol. The summed E-state index contributed by atoms with van der Waals surface area (Å²) in [6.07, 6.45) is 0. The van der Waals surface area contributed by atoms with Crippen LogP contribution in [0.5, 0.6) is 5.75 Å². The van der Waals surface area contributed by atoms with Gasteiger partial charge in [0.1, 0.15) is 12.4 Å². The molecule has 3 rings (SSSR count). The van der Waals surface area contributed by atoms with Crippen molar-refractivity contribution in [3.05, 3.63) is 69.9 Å². The van der Waals surface area contributed by atoms with Gasteiger partial charge < -0.3 is 9.15 Å². The van der Waals surface area contributed by atoms with Gasteiger partial charge in [0.25, 0.3) is 0 Å². The minimum absolute atomic E-state index is 0.324. The van der Waals surface area contributed by atoms with Crippen molar-refractivity contribution in [2.45, 2.75) is 6.61 Å². The van der Waals surface area contributed by atoms with Gasteiger partial charge in [0.05, 0.1) is 11.5 Å². The molecular formula is C15H11NO3S. The smallest absolute Gasteiger partial charge is 0.414 e. The Hall–Kier alpha value is -2.40. The van der Waals surface area contributed by atoms with Gasteiger partial charge >= 0.3 is 4.94 Å². The van der Waals surface area contributed by atoms with Crippen LogP contribution in [0.1, 0.15) is 5.56 Å². The maximum Gasteiger partial charge on any atom is 0.414 e. The Morgan fingerprint density at radius 1 is 1.10 bits per heavy atom. The molecular weight excluding hydrogens is 274 g/mol. The van der Waals surface area contributed by atoms with Crippen LogP contribution in [-0.2, 0) is 6.61 Å². The van der Waals surface area contributed by atoms with Gasteiger partial charge in [0.15, 0.2) is 0 Å². The van der Waals surface area contributed by atoms with Crippen molar-refractivity contribution >= 4 is 11.5 Å². The van der Waals surface area contributed by atoms with Gasteiger partial charge in [-0.1, -0.05) is 36.4 Å². The maximum atomic E-state index is 11.0. The second-order valence-electron chi connectivity index (χ2n) is 4.14. The molecule has 1 aromatic heterocycles. The van der Waals surface area contributed by atoms with Crippen LogP contribution in [0.2, 0.25) is 0 Å². The first-order valence-corrected chi connectivity index (χ1v) is 6.82. The van der Waals surface area contributed by atoms with Crippen molar-refractivity contribution in [2.24, 2.45) is 0 Å². The van der Waals surface area contributed by atoms with Crippen molar-refractivity contribution in [1.82, 2.24) is 4.37 Å². The van der Waals surface area contributed by atoms with Gasteiger partial charge in [-0.25, -0.2) is 4.79 Å². The standard InChI is InChI=1S/C15H11NO3S/c17-15-19-14(16-20-15)12-7-4-8-13(9-12)18-10-11-5-2-1-3-6-11/h1-9H,10H2. The number of hydrogen-bond acceptors (Lipinski definition) is 5. The maximum absolute atomic E-state index is 11.0. The zero-order valence-electron chi connectivity index (χ0n) is 10.5. The van der Waals surface area contributed by atoms with Crippen LogP contribution in [0.3, 0.4) is 0 Å². The highest BCUT2D eigenvalue weighted by molar-refractivity contribution is 7.02. The second kappa shape index (κ2) is 5.71. The SMILES string of the molecule is O=c1oc(-c2cccc(OCc3ccccc3)c2)ns1. The van der Waals surface area contributed by atoms with E-state index in [0.717, 1.165) is 22.7 Å². The molecule has 0 amide bonds. The van der Waals surface area contributed by atoms with E-state index in [0.29, 0.717) is 18.2 Å². The van der Waals surface area contributed by atoms with Crippen molar-refractivity contribution in [3.8, 4) is 17.2 Å². The van der Waals surface area contributed by atoms with E-state index in [2.05, 4.69) is 4.37 Å². The Balaban J connectivity index is 1.76. The molecule has 20 heavy (non-hydrogen) atoms. The Labute approximate surface area is 119 Å². The van der Waals surface area contributed by atoms with Crippen molar-refractivity contribution < 1.29 is 9.15 Å². The Morgan fingerprint density at radius 2 is 1.95 bits per heavy atom. The summed E-state index contributed by atoms with van der Waals surface area (Å²) >= 11 is 0.802. The van der Waals surface area contributed by atoms with E-state index >= 15 is 0 Å². The summed E-state index contributed by atoms with van der Waals surface area (Å²) in [5.41, 5.74) is 1.83. The number of rotatable bonds is 4. The third-order valence-electron chi connectivity index (χ3n) is 2.71. The fourth-order valence-electron chi connectivity index (χ4n) is 1.77. The highest BCUT2D eigenvalue weighted by atomic mass is 32.1. The lowest BCUT2D eigenvalue weighted by molar-refractivity contribution is 0.306. The summed E-state index contributed by atoms with van der Waals surface area (Å²) in [4.78, 5) is 10.6. The van der Waals surface area contributed by atoms with Gasteiger partial charge in [-0.2, -0.15) is 0 Å². The lowest BCUT2D eigenvalue weighted by atomic mass is 10.2. The van der Waals surface area contributed by atoms with Crippen LogP contribution in [-0.4, -0.2) is 4.37 Å². The lowest BCUT2D eigenvalue weighted by Crippen LogP contribution is -1.95. The molecule has 1 heterocycles. The van der Waals surface area contributed by atoms with Gasteiger partial charge in [-0.05, 0) is 23.8 Å². The number of benzene rings is 2. The summed E-state index contributed by atoms with van der Waals surface area (Å²) in [6, 6.07) is 17.2. The predicted octanol–water partition coefficient (Wildman–Crippen LogP) is 3.34. The van der Waals surface area contributed by atoms with Gasteiger partial charge in [-0.15, -0.1) is 4.37 Å². The largest absolute Gasteiger partial charge is 0.489 e. The van der Waals surface area contributed by atoms with Crippen LogP contribution < -0.4 is 9.68 Å². The first-order valence-electron chi connectivity index (χ1n) is 6.05. The van der Waals surface area contributed by atoms with Crippen LogP contribution in [0, 0.1) is 0 Å². The van der Waals surface area contributed by atoms with Gasteiger partial charge in [0.2, 0.25) is 5.89 Å². The number of hydrogen-bond donors (Lipinski definition) is 0. The van der Waals surface area contributed by atoms with E-state index in [1.807, 2.05) is 48.5 Å². The molecule has 0 aliphatic heterocycles. The molecule has 0 atom stereocenters. The minimum Gasteiger partial charge on any atom is -0.489 e. The molecule has 0 radical (unpaired) electrons. The highest BCUT2D eigenvalue weighted by Gasteiger charge is 2.06. The van der Waals surface area contributed by atoms with Crippen LogP contribution >= 0.6 is 11.5 Å². The highest BCUT2D eigenvalue weighted by Crippen LogP contribution is 2.22. The van der Waals surface area contributed by atoms with E-state index in [1.54, 1.807) is 6.07 Å². The van der Waals surface area contributed by atoms with Crippen LogP contribution in [0.15, 0.2) is 63.8 Å². The Kier molecular flexibility index (Phi) is 3.60. The summed E-state index contributed by atoms with van der Waals surface area (Å²) in [5.74, 6) is 1.03. The summed E-state index contributed by atoms with van der Waals surface area (Å²) < 4.78 is 14.7. The molecule has 0 aliphatic rings. The van der Waals surface area contributed by atoms with Crippen molar-refractivity contribution in [1.29, 1.82) is 0 Å². The second-order valence-corrected chi connectivity index (χ2v) is 4.84. The lowest BCUT2D eigenvalue weighted by Gasteiger charge is -2.06. The van der Waals surface area contributed by atoms with Crippen LogP contribution in [0.4, 0.5) is 0 Å². The van der Waals surface area contributed by atoms with Crippen LogP contribution in [0.25, 0.3) is 11.5 Å². The van der Waals surface area contributed by atoms with E-state index in [4.69, 9.17) is 9.15 Å². The molecule has 0 unspecified atom stereocenters. The monoisotopic (exact) mass is 285 g/mol. The van der Waals surface area contributed by atoms with Crippen molar-refractivity contribution in [3.63, 3.8) is 0 Å².